The predicted octanol–water partition coefficient (Wildman–Crippen LogP) is 2.71. The van der Waals surface area contributed by atoms with E-state index in [0.29, 0.717) is 17.2 Å². The normalized spacial score (nSPS) is 10.2. The van der Waals surface area contributed by atoms with Crippen molar-refractivity contribution in [3.8, 4) is 0 Å². The molecule has 2 rings (SSSR count). The third kappa shape index (κ3) is 3.75. The van der Waals surface area contributed by atoms with E-state index in [9.17, 15) is 9.18 Å². The maximum absolute atomic E-state index is 13.1. The van der Waals surface area contributed by atoms with Gasteiger partial charge in [-0.1, -0.05) is 6.07 Å². The Morgan fingerprint density at radius 1 is 1.24 bits per heavy atom. The third-order valence-corrected chi connectivity index (χ3v) is 3.03. The van der Waals surface area contributed by atoms with E-state index in [1.807, 2.05) is 18.7 Å². The van der Waals surface area contributed by atoms with Gasteiger partial charge in [0.1, 0.15) is 5.82 Å². The van der Waals surface area contributed by atoms with E-state index in [1.165, 1.54) is 30.6 Å². The van der Waals surface area contributed by atoms with Gasteiger partial charge in [0.2, 0.25) is 5.95 Å². The standard InChI is InChI=1S/C15H17FN4O/c1-3-20(4-2)15-17-9-11(10-18-15)14(21)19-13-7-5-6-12(16)8-13/h5-10H,3-4H2,1-2H3,(H,19,21). The third-order valence-electron chi connectivity index (χ3n) is 3.03. The fourth-order valence-corrected chi connectivity index (χ4v) is 1.88. The minimum atomic E-state index is -0.402. The molecule has 0 spiro atoms. The van der Waals surface area contributed by atoms with Crippen molar-refractivity contribution in [1.29, 1.82) is 0 Å². The zero-order valence-corrected chi connectivity index (χ0v) is 12.0. The number of hydrogen-bond donors (Lipinski definition) is 1. The Kier molecular flexibility index (Phi) is 4.81. The molecule has 0 saturated heterocycles. The Morgan fingerprint density at radius 2 is 1.90 bits per heavy atom. The highest BCUT2D eigenvalue weighted by atomic mass is 19.1. The SMILES string of the molecule is CCN(CC)c1ncc(C(=O)Nc2cccc(F)c2)cn1. The monoisotopic (exact) mass is 288 g/mol. The summed E-state index contributed by atoms with van der Waals surface area (Å²) in [5.74, 6) is -0.185. The summed E-state index contributed by atoms with van der Waals surface area (Å²) in [6.07, 6.45) is 2.94. The molecular formula is C15H17FN4O. The molecule has 1 N–H and O–H groups in total. The van der Waals surface area contributed by atoms with Crippen LogP contribution in [0.4, 0.5) is 16.0 Å². The van der Waals surface area contributed by atoms with E-state index < -0.39 is 5.82 Å². The highest BCUT2D eigenvalue weighted by Crippen LogP contribution is 2.12. The first kappa shape index (κ1) is 14.9. The summed E-state index contributed by atoms with van der Waals surface area (Å²) in [6.45, 7) is 5.62. The molecule has 0 aliphatic carbocycles. The molecule has 0 aliphatic heterocycles. The number of rotatable bonds is 5. The van der Waals surface area contributed by atoms with Gasteiger partial charge in [0.25, 0.3) is 5.91 Å². The van der Waals surface area contributed by atoms with Crippen molar-refractivity contribution in [2.45, 2.75) is 13.8 Å². The van der Waals surface area contributed by atoms with Crippen molar-refractivity contribution in [2.75, 3.05) is 23.3 Å². The molecule has 6 heteroatoms. The van der Waals surface area contributed by atoms with Crippen LogP contribution < -0.4 is 10.2 Å². The first-order valence-corrected chi connectivity index (χ1v) is 6.78. The lowest BCUT2D eigenvalue weighted by atomic mass is 10.2. The van der Waals surface area contributed by atoms with E-state index in [0.717, 1.165) is 13.1 Å². The van der Waals surface area contributed by atoms with Crippen LogP contribution >= 0.6 is 0 Å². The van der Waals surface area contributed by atoms with Crippen LogP contribution in [0.3, 0.4) is 0 Å². The molecule has 1 aromatic carbocycles. The van der Waals surface area contributed by atoms with E-state index in [-0.39, 0.29) is 5.91 Å². The largest absolute Gasteiger partial charge is 0.341 e. The molecule has 110 valence electrons. The highest BCUT2D eigenvalue weighted by molar-refractivity contribution is 6.03. The topological polar surface area (TPSA) is 58.1 Å². The molecule has 0 bridgehead atoms. The zero-order valence-electron chi connectivity index (χ0n) is 12.0. The van der Waals surface area contributed by atoms with Crippen LogP contribution in [-0.2, 0) is 0 Å². The van der Waals surface area contributed by atoms with E-state index in [2.05, 4.69) is 15.3 Å². The lowest BCUT2D eigenvalue weighted by molar-refractivity contribution is 0.102. The Labute approximate surface area is 122 Å². The van der Waals surface area contributed by atoms with Gasteiger partial charge in [-0.25, -0.2) is 14.4 Å². The smallest absolute Gasteiger partial charge is 0.258 e. The van der Waals surface area contributed by atoms with Crippen molar-refractivity contribution >= 4 is 17.5 Å². The number of amides is 1. The molecule has 0 fully saturated rings. The second-order valence-electron chi connectivity index (χ2n) is 4.41. The summed E-state index contributed by atoms with van der Waals surface area (Å²) in [4.78, 5) is 22.4. The van der Waals surface area contributed by atoms with Gasteiger partial charge in [-0.15, -0.1) is 0 Å². The average molecular weight is 288 g/mol. The minimum absolute atomic E-state index is 0.329. The minimum Gasteiger partial charge on any atom is -0.341 e. The molecule has 21 heavy (non-hydrogen) atoms. The van der Waals surface area contributed by atoms with Crippen molar-refractivity contribution in [2.24, 2.45) is 0 Å². The maximum Gasteiger partial charge on any atom is 0.258 e. The second-order valence-corrected chi connectivity index (χ2v) is 4.41. The predicted molar refractivity (Wildman–Crippen MR) is 79.9 cm³/mol. The molecule has 0 atom stereocenters. The summed E-state index contributed by atoms with van der Waals surface area (Å²) < 4.78 is 13.1. The number of nitrogens with zero attached hydrogens (tertiary/aromatic N) is 3. The summed E-state index contributed by atoms with van der Waals surface area (Å²) in [5, 5.41) is 2.60. The first-order chi connectivity index (χ1) is 10.1. The molecule has 0 radical (unpaired) electrons. The number of hydrogen-bond acceptors (Lipinski definition) is 4. The first-order valence-electron chi connectivity index (χ1n) is 6.78. The maximum atomic E-state index is 13.1. The van der Waals surface area contributed by atoms with Crippen LogP contribution in [0.15, 0.2) is 36.7 Å². The summed E-state index contributed by atoms with van der Waals surface area (Å²) in [7, 11) is 0. The van der Waals surface area contributed by atoms with Gasteiger partial charge in [-0.05, 0) is 32.0 Å². The van der Waals surface area contributed by atoms with Gasteiger partial charge in [0.15, 0.2) is 0 Å². The van der Waals surface area contributed by atoms with E-state index in [1.54, 1.807) is 6.07 Å². The Balaban J connectivity index is 2.09. The van der Waals surface area contributed by atoms with E-state index >= 15 is 0 Å². The lowest BCUT2D eigenvalue weighted by Crippen LogP contribution is -2.24. The highest BCUT2D eigenvalue weighted by Gasteiger charge is 2.10. The van der Waals surface area contributed by atoms with Gasteiger partial charge in [-0.2, -0.15) is 0 Å². The number of carbonyl (C=O) groups excluding carboxylic acids is 1. The number of nitrogens with one attached hydrogen (secondary N) is 1. The molecule has 1 aromatic heterocycles. The molecule has 0 unspecified atom stereocenters. The summed E-state index contributed by atoms with van der Waals surface area (Å²) >= 11 is 0. The van der Waals surface area contributed by atoms with Crippen molar-refractivity contribution in [1.82, 2.24) is 9.97 Å². The molecule has 5 nitrogen and oxygen atoms in total. The van der Waals surface area contributed by atoms with Crippen LogP contribution in [0.1, 0.15) is 24.2 Å². The number of halogens is 1. The summed E-state index contributed by atoms with van der Waals surface area (Å²) in [5.41, 5.74) is 0.725. The van der Waals surface area contributed by atoms with Gasteiger partial charge in [0, 0.05) is 31.2 Å². The molecule has 1 heterocycles. The molecule has 0 aliphatic rings. The number of benzene rings is 1. The van der Waals surface area contributed by atoms with Crippen LogP contribution in [-0.4, -0.2) is 29.0 Å². The molecule has 1 amide bonds. The number of aromatic nitrogens is 2. The fourth-order valence-electron chi connectivity index (χ4n) is 1.88. The molecular weight excluding hydrogens is 271 g/mol. The van der Waals surface area contributed by atoms with Crippen LogP contribution in [0.25, 0.3) is 0 Å². The van der Waals surface area contributed by atoms with E-state index in [4.69, 9.17) is 0 Å². The van der Waals surface area contributed by atoms with Crippen LogP contribution in [0.2, 0.25) is 0 Å². The second kappa shape index (κ2) is 6.78. The Hall–Kier alpha value is -2.50. The van der Waals surface area contributed by atoms with Gasteiger partial charge in [0.05, 0.1) is 5.56 Å². The number of anilines is 2. The lowest BCUT2D eigenvalue weighted by Gasteiger charge is -2.17. The van der Waals surface area contributed by atoms with Crippen molar-refractivity contribution in [3.63, 3.8) is 0 Å². The van der Waals surface area contributed by atoms with Crippen LogP contribution in [0, 0.1) is 5.82 Å². The van der Waals surface area contributed by atoms with Crippen LogP contribution in [0.5, 0.6) is 0 Å². The fraction of sp³-hybridized carbons (Fsp3) is 0.267. The number of carbonyl (C=O) groups is 1. The molecule has 2 aromatic rings. The quantitative estimate of drug-likeness (QED) is 0.919. The summed E-state index contributed by atoms with van der Waals surface area (Å²) in [6, 6.07) is 5.72. The Bertz CT molecular complexity index is 611. The van der Waals surface area contributed by atoms with Gasteiger partial charge in [-0.3, -0.25) is 4.79 Å². The van der Waals surface area contributed by atoms with Gasteiger partial charge >= 0.3 is 0 Å². The average Bonchev–Trinajstić information content (AvgIpc) is 2.49. The van der Waals surface area contributed by atoms with Crippen molar-refractivity contribution in [3.05, 3.63) is 48.0 Å². The zero-order chi connectivity index (χ0) is 15.2. The van der Waals surface area contributed by atoms with Gasteiger partial charge < -0.3 is 10.2 Å². The van der Waals surface area contributed by atoms with Crippen molar-refractivity contribution < 1.29 is 9.18 Å². The molecule has 0 saturated carbocycles. The Morgan fingerprint density at radius 3 is 2.48 bits per heavy atom.